The van der Waals surface area contributed by atoms with E-state index in [1.165, 1.54) is 12.0 Å². The van der Waals surface area contributed by atoms with Gasteiger partial charge in [0.25, 0.3) is 0 Å². The third-order valence-electron chi connectivity index (χ3n) is 2.50. The number of hydrogen-bond acceptors (Lipinski definition) is 2. The molecule has 2 rings (SSSR count). The number of benzene rings is 1. The molecule has 0 saturated carbocycles. The van der Waals surface area contributed by atoms with Crippen molar-refractivity contribution in [1.82, 2.24) is 10.6 Å². The van der Waals surface area contributed by atoms with E-state index in [-0.39, 0.29) is 24.8 Å². The Hall–Kier alpha value is -0.280. The monoisotopic (exact) mass is 248 g/mol. The van der Waals surface area contributed by atoms with Gasteiger partial charge in [0, 0.05) is 19.1 Å². The Morgan fingerprint density at radius 1 is 1.20 bits per heavy atom. The molecule has 0 aromatic heterocycles. The lowest BCUT2D eigenvalue weighted by molar-refractivity contribution is 0.547. The molecule has 0 aliphatic carbocycles. The first-order chi connectivity index (χ1) is 6.45. The van der Waals surface area contributed by atoms with Crippen LogP contribution in [0.25, 0.3) is 0 Å². The lowest BCUT2D eigenvalue weighted by Crippen LogP contribution is -2.30. The third kappa shape index (κ3) is 4.85. The Morgan fingerprint density at radius 2 is 1.93 bits per heavy atom. The molecule has 0 spiro atoms. The summed E-state index contributed by atoms with van der Waals surface area (Å²) in [6.07, 6.45) is 1.26. The highest BCUT2D eigenvalue weighted by atomic mass is 35.5. The summed E-state index contributed by atoms with van der Waals surface area (Å²) in [5, 5.41) is 6.88. The number of halogens is 2. The quantitative estimate of drug-likeness (QED) is 0.856. The highest BCUT2D eigenvalue weighted by Crippen LogP contribution is 2.01. The van der Waals surface area contributed by atoms with E-state index in [0.29, 0.717) is 6.04 Å². The van der Waals surface area contributed by atoms with Crippen molar-refractivity contribution in [2.75, 3.05) is 13.1 Å². The molecule has 2 N–H and O–H groups in total. The van der Waals surface area contributed by atoms with Gasteiger partial charge in [0.05, 0.1) is 0 Å². The molecule has 0 radical (unpaired) electrons. The van der Waals surface area contributed by atoms with E-state index < -0.39 is 0 Å². The molecule has 86 valence electrons. The van der Waals surface area contributed by atoms with Gasteiger partial charge in [0.1, 0.15) is 0 Å². The van der Waals surface area contributed by atoms with Crippen LogP contribution in [0.15, 0.2) is 30.3 Å². The van der Waals surface area contributed by atoms with Crippen LogP contribution in [0.5, 0.6) is 0 Å². The Bertz CT molecular complexity index is 248. The van der Waals surface area contributed by atoms with Gasteiger partial charge in [-0.3, -0.25) is 0 Å². The van der Waals surface area contributed by atoms with Gasteiger partial charge in [-0.1, -0.05) is 30.3 Å². The van der Waals surface area contributed by atoms with Crippen LogP contribution in [0.3, 0.4) is 0 Å². The molecule has 1 fully saturated rings. The molecule has 1 aromatic rings. The Morgan fingerprint density at radius 3 is 2.53 bits per heavy atom. The second-order valence-corrected chi connectivity index (χ2v) is 3.56. The Balaban J connectivity index is 0.000000980. The van der Waals surface area contributed by atoms with Gasteiger partial charge in [-0.2, -0.15) is 0 Å². The molecule has 0 bridgehead atoms. The smallest absolute Gasteiger partial charge is 0.0208 e. The van der Waals surface area contributed by atoms with E-state index >= 15 is 0 Å². The lowest BCUT2D eigenvalue weighted by atomic mass is 10.2. The van der Waals surface area contributed by atoms with Crippen molar-refractivity contribution in [2.24, 2.45) is 0 Å². The van der Waals surface area contributed by atoms with Crippen molar-refractivity contribution in [1.29, 1.82) is 0 Å². The fraction of sp³-hybridized carbons (Fsp3) is 0.455. The summed E-state index contributed by atoms with van der Waals surface area (Å²) in [5.41, 5.74) is 1.37. The predicted octanol–water partition coefficient (Wildman–Crippen LogP) is 1.98. The van der Waals surface area contributed by atoms with Crippen molar-refractivity contribution in [3.63, 3.8) is 0 Å². The molecule has 2 nitrogen and oxygen atoms in total. The zero-order chi connectivity index (χ0) is 8.93. The van der Waals surface area contributed by atoms with Crippen LogP contribution in [0.4, 0.5) is 0 Å². The van der Waals surface area contributed by atoms with Crippen molar-refractivity contribution in [3.8, 4) is 0 Å². The summed E-state index contributed by atoms with van der Waals surface area (Å²) in [6.45, 7) is 3.27. The fourth-order valence-electron chi connectivity index (χ4n) is 1.69. The van der Waals surface area contributed by atoms with Gasteiger partial charge in [-0.05, 0) is 18.5 Å². The normalized spacial score (nSPS) is 19.1. The van der Waals surface area contributed by atoms with E-state index in [1.807, 2.05) is 0 Å². The van der Waals surface area contributed by atoms with Gasteiger partial charge in [-0.25, -0.2) is 0 Å². The van der Waals surface area contributed by atoms with Crippen LogP contribution in [0.1, 0.15) is 12.0 Å². The summed E-state index contributed by atoms with van der Waals surface area (Å²) in [6, 6.07) is 11.2. The van der Waals surface area contributed by atoms with Gasteiger partial charge < -0.3 is 10.6 Å². The van der Waals surface area contributed by atoms with Crippen LogP contribution in [0.2, 0.25) is 0 Å². The molecule has 1 aliphatic heterocycles. The summed E-state index contributed by atoms with van der Waals surface area (Å²) in [4.78, 5) is 0. The zero-order valence-corrected chi connectivity index (χ0v) is 10.2. The Kier molecular flexibility index (Phi) is 7.79. The first-order valence-electron chi connectivity index (χ1n) is 4.93. The maximum Gasteiger partial charge on any atom is 0.0208 e. The number of rotatable bonds is 3. The second kappa shape index (κ2) is 7.94. The summed E-state index contributed by atoms with van der Waals surface area (Å²) >= 11 is 0. The third-order valence-corrected chi connectivity index (χ3v) is 2.50. The second-order valence-electron chi connectivity index (χ2n) is 3.56. The highest BCUT2D eigenvalue weighted by molar-refractivity contribution is 5.85. The molecule has 4 heteroatoms. The molecule has 1 unspecified atom stereocenters. The molecule has 1 saturated heterocycles. The van der Waals surface area contributed by atoms with E-state index in [2.05, 4.69) is 41.0 Å². The largest absolute Gasteiger partial charge is 0.315 e. The van der Waals surface area contributed by atoms with Crippen LogP contribution in [0, 0.1) is 0 Å². The van der Waals surface area contributed by atoms with Crippen molar-refractivity contribution >= 4 is 24.8 Å². The average Bonchev–Trinajstić information content (AvgIpc) is 2.69. The topological polar surface area (TPSA) is 24.1 Å². The number of hydrogen-bond donors (Lipinski definition) is 2. The average molecular weight is 249 g/mol. The summed E-state index contributed by atoms with van der Waals surface area (Å²) in [7, 11) is 0. The van der Waals surface area contributed by atoms with E-state index in [1.54, 1.807) is 0 Å². The maximum atomic E-state index is 3.54. The molecule has 1 heterocycles. The minimum Gasteiger partial charge on any atom is -0.315 e. The van der Waals surface area contributed by atoms with E-state index in [4.69, 9.17) is 0 Å². The van der Waals surface area contributed by atoms with E-state index in [0.717, 1.165) is 19.6 Å². The number of nitrogens with one attached hydrogen (secondary N) is 2. The van der Waals surface area contributed by atoms with Gasteiger partial charge in [0.15, 0.2) is 0 Å². The van der Waals surface area contributed by atoms with Gasteiger partial charge in [0.2, 0.25) is 0 Å². The molecular formula is C11H18Cl2N2. The molecular weight excluding hydrogens is 231 g/mol. The highest BCUT2D eigenvalue weighted by Gasteiger charge is 2.12. The molecule has 1 atom stereocenters. The van der Waals surface area contributed by atoms with Crippen LogP contribution >= 0.6 is 24.8 Å². The summed E-state index contributed by atoms with van der Waals surface area (Å²) < 4.78 is 0. The van der Waals surface area contributed by atoms with Crippen LogP contribution < -0.4 is 10.6 Å². The minimum absolute atomic E-state index is 0. The SMILES string of the molecule is Cl.Cl.c1ccc(CNC2CCNC2)cc1. The van der Waals surface area contributed by atoms with E-state index in [9.17, 15) is 0 Å². The van der Waals surface area contributed by atoms with Gasteiger partial charge >= 0.3 is 0 Å². The van der Waals surface area contributed by atoms with Crippen molar-refractivity contribution < 1.29 is 0 Å². The predicted molar refractivity (Wildman–Crippen MR) is 69.1 cm³/mol. The van der Waals surface area contributed by atoms with Crippen molar-refractivity contribution in [2.45, 2.75) is 19.0 Å². The minimum atomic E-state index is 0. The zero-order valence-electron chi connectivity index (χ0n) is 8.61. The van der Waals surface area contributed by atoms with Crippen LogP contribution in [-0.4, -0.2) is 19.1 Å². The fourth-order valence-corrected chi connectivity index (χ4v) is 1.69. The molecule has 1 aromatic carbocycles. The first-order valence-corrected chi connectivity index (χ1v) is 4.93. The first kappa shape index (κ1) is 14.7. The lowest BCUT2D eigenvalue weighted by Gasteiger charge is -2.10. The molecule has 1 aliphatic rings. The molecule has 0 amide bonds. The van der Waals surface area contributed by atoms with Crippen molar-refractivity contribution in [3.05, 3.63) is 35.9 Å². The van der Waals surface area contributed by atoms with Gasteiger partial charge in [-0.15, -0.1) is 24.8 Å². The van der Waals surface area contributed by atoms with Crippen LogP contribution in [-0.2, 0) is 6.54 Å². The molecule has 15 heavy (non-hydrogen) atoms. The Labute approximate surface area is 104 Å². The summed E-state index contributed by atoms with van der Waals surface area (Å²) in [5.74, 6) is 0. The maximum absolute atomic E-state index is 3.54. The standard InChI is InChI=1S/C11H16N2.2ClH/c1-2-4-10(5-3-1)8-13-11-6-7-12-9-11;;/h1-5,11-13H,6-9H2;2*1H.